The number of amides is 2. The molecule has 1 aromatic heterocycles. The lowest BCUT2D eigenvalue weighted by atomic mass is 9.94. The fourth-order valence-electron chi connectivity index (χ4n) is 5.17. The van der Waals surface area contributed by atoms with Gasteiger partial charge in [0, 0.05) is 22.9 Å². The van der Waals surface area contributed by atoms with Gasteiger partial charge in [-0.1, -0.05) is 66.9 Å². The molecule has 1 aliphatic carbocycles. The van der Waals surface area contributed by atoms with Crippen LogP contribution in [0.3, 0.4) is 0 Å². The zero-order chi connectivity index (χ0) is 27.4. The molecule has 1 N–H and O–H groups in total. The number of nitrogens with zero attached hydrogens (tertiary/aromatic N) is 4. The van der Waals surface area contributed by atoms with Crippen LogP contribution in [-0.2, 0) is 16.1 Å². The molecule has 5 rings (SSSR count). The fraction of sp³-hybridized carbons (Fsp3) is 0.300. The van der Waals surface area contributed by atoms with Crippen LogP contribution in [-0.4, -0.2) is 38.6 Å². The summed E-state index contributed by atoms with van der Waals surface area (Å²) < 4.78 is 16.8. The minimum atomic E-state index is -1.31. The maximum atomic E-state index is 15.3. The Hall–Kier alpha value is -4.40. The number of carbonyl (C=O) groups is 3. The molecular formula is C30H30FN5O3. The van der Waals surface area contributed by atoms with E-state index in [1.54, 1.807) is 48.5 Å². The number of anilines is 1. The van der Waals surface area contributed by atoms with Crippen LogP contribution in [0.2, 0.25) is 0 Å². The number of Topliss-reactive ketones (excluding diaryl/α,β-unsaturated/α-hetero) is 1. The van der Waals surface area contributed by atoms with Crippen molar-refractivity contribution >= 4 is 34.3 Å². The van der Waals surface area contributed by atoms with E-state index in [0.717, 1.165) is 32.1 Å². The first-order chi connectivity index (χ1) is 18.9. The SMILES string of the molecule is CC(=O)c1cccc(N(C(=O)Cn2nnc3ccccc32)C(C(=O)NC2CCCCC2)c2ccccc2F)c1. The van der Waals surface area contributed by atoms with Crippen LogP contribution in [0.1, 0.15) is 61.0 Å². The van der Waals surface area contributed by atoms with Gasteiger partial charge < -0.3 is 5.32 Å². The summed E-state index contributed by atoms with van der Waals surface area (Å²) in [5, 5.41) is 11.3. The molecule has 0 aliphatic heterocycles. The molecule has 1 heterocycles. The Bertz CT molecular complexity index is 1510. The second-order valence-electron chi connectivity index (χ2n) is 9.87. The van der Waals surface area contributed by atoms with Crippen molar-refractivity contribution in [1.82, 2.24) is 20.3 Å². The standard InChI is InChI=1S/C30H30FN5O3/c1-20(37)21-10-9-13-23(18-21)36(28(38)19-35-27-17-8-7-16-26(27)33-34-35)29(24-14-5-6-15-25(24)31)30(39)32-22-11-3-2-4-12-22/h5-10,13-18,22,29H,2-4,11-12,19H2,1H3,(H,32,39). The zero-order valence-electron chi connectivity index (χ0n) is 21.7. The maximum Gasteiger partial charge on any atom is 0.249 e. The van der Waals surface area contributed by atoms with Gasteiger partial charge in [0.2, 0.25) is 11.8 Å². The Morgan fingerprint density at radius 3 is 2.51 bits per heavy atom. The van der Waals surface area contributed by atoms with Crippen LogP contribution in [0.15, 0.2) is 72.8 Å². The van der Waals surface area contributed by atoms with Gasteiger partial charge in [0.15, 0.2) is 5.78 Å². The molecule has 1 saturated carbocycles. The minimum absolute atomic E-state index is 0.0553. The van der Waals surface area contributed by atoms with Crippen LogP contribution in [0.4, 0.5) is 10.1 Å². The highest BCUT2D eigenvalue weighted by atomic mass is 19.1. The van der Waals surface area contributed by atoms with Gasteiger partial charge in [0.1, 0.15) is 23.9 Å². The average molecular weight is 528 g/mol. The Labute approximate surface area is 225 Å². The van der Waals surface area contributed by atoms with Crippen molar-refractivity contribution in [2.24, 2.45) is 0 Å². The van der Waals surface area contributed by atoms with Gasteiger partial charge in [-0.05, 0) is 50.1 Å². The quantitative estimate of drug-likeness (QED) is 0.326. The van der Waals surface area contributed by atoms with Crippen molar-refractivity contribution in [2.75, 3.05) is 4.90 Å². The molecule has 9 heteroatoms. The van der Waals surface area contributed by atoms with E-state index in [1.807, 2.05) is 12.1 Å². The predicted octanol–water partition coefficient (Wildman–Crippen LogP) is 5.00. The van der Waals surface area contributed by atoms with E-state index in [9.17, 15) is 14.4 Å². The number of aromatic nitrogens is 3. The van der Waals surface area contributed by atoms with Crippen molar-refractivity contribution in [2.45, 2.75) is 57.7 Å². The summed E-state index contributed by atoms with van der Waals surface area (Å²) in [4.78, 5) is 41.5. The van der Waals surface area contributed by atoms with E-state index in [1.165, 1.54) is 28.6 Å². The van der Waals surface area contributed by atoms with E-state index >= 15 is 4.39 Å². The molecule has 0 radical (unpaired) electrons. The van der Waals surface area contributed by atoms with Crippen molar-refractivity contribution < 1.29 is 18.8 Å². The molecule has 39 heavy (non-hydrogen) atoms. The lowest BCUT2D eigenvalue weighted by molar-refractivity contribution is -0.127. The van der Waals surface area contributed by atoms with Gasteiger partial charge in [-0.25, -0.2) is 9.07 Å². The highest BCUT2D eigenvalue weighted by Gasteiger charge is 2.36. The topological polar surface area (TPSA) is 97.2 Å². The average Bonchev–Trinajstić information content (AvgIpc) is 3.35. The molecule has 0 saturated heterocycles. The Morgan fingerprint density at radius 2 is 1.74 bits per heavy atom. The zero-order valence-corrected chi connectivity index (χ0v) is 21.7. The monoisotopic (exact) mass is 527 g/mol. The molecule has 1 atom stereocenters. The third-order valence-electron chi connectivity index (χ3n) is 7.16. The smallest absolute Gasteiger partial charge is 0.249 e. The molecule has 1 fully saturated rings. The van der Waals surface area contributed by atoms with E-state index < -0.39 is 23.7 Å². The summed E-state index contributed by atoms with van der Waals surface area (Å²) in [5.74, 6) is -1.77. The number of benzene rings is 3. The molecular weight excluding hydrogens is 497 g/mol. The highest BCUT2D eigenvalue weighted by Crippen LogP contribution is 2.32. The van der Waals surface area contributed by atoms with Crippen LogP contribution in [0.5, 0.6) is 0 Å². The largest absolute Gasteiger partial charge is 0.351 e. The summed E-state index contributed by atoms with van der Waals surface area (Å²) >= 11 is 0. The predicted molar refractivity (Wildman–Crippen MR) is 146 cm³/mol. The van der Waals surface area contributed by atoms with E-state index in [4.69, 9.17) is 0 Å². The van der Waals surface area contributed by atoms with Gasteiger partial charge in [-0.3, -0.25) is 19.3 Å². The number of ketones is 1. The van der Waals surface area contributed by atoms with Gasteiger partial charge in [-0.2, -0.15) is 0 Å². The normalized spacial score (nSPS) is 14.6. The first kappa shape index (κ1) is 26.2. The Balaban J connectivity index is 1.60. The number of nitrogens with one attached hydrogen (secondary N) is 1. The number of fused-ring (bicyclic) bond motifs is 1. The summed E-state index contributed by atoms with van der Waals surface area (Å²) in [6.45, 7) is 1.18. The lowest BCUT2D eigenvalue weighted by Crippen LogP contribution is -2.48. The number of hydrogen-bond donors (Lipinski definition) is 1. The first-order valence-corrected chi connectivity index (χ1v) is 13.2. The Kier molecular flexibility index (Phi) is 7.76. The molecule has 2 amide bonds. The minimum Gasteiger partial charge on any atom is -0.351 e. The second kappa shape index (κ2) is 11.6. The molecule has 200 valence electrons. The van der Waals surface area contributed by atoms with Crippen LogP contribution < -0.4 is 10.2 Å². The summed E-state index contributed by atoms with van der Waals surface area (Å²) in [6, 6.07) is 18.3. The fourth-order valence-corrected chi connectivity index (χ4v) is 5.17. The van der Waals surface area contributed by atoms with E-state index in [0.29, 0.717) is 22.3 Å². The summed E-state index contributed by atoms with van der Waals surface area (Å²) in [6.07, 6.45) is 4.76. The number of para-hydroxylation sites is 1. The van der Waals surface area contributed by atoms with E-state index in [-0.39, 0.29) is 23.9 Å². The Morgan fingerprint density at radius 1 is 1.00 bits per heavy atom. The van der Waals surface area contributed by atoms with Crippen molar-refractivity contribution in [3.8, 4) is 0 Å². The lowest BCUT2D eigenvalue weighted by Gasteiger charge is -2.33. The molecule has 3 aromatic carbocycles. The highest BCUT2D eigenvalue weighted by molar-refractivity contribution is 6.03. The number of hydrogen-bond acceptors (Lipinski definition) is 5. The van der Waals surface area contributed by atoms with Crippen LogP contribution in [0.25, 0.3) is 11.0 Å². The van der Waals surface area contributed by atoms with Gasteiger partial charge in [-0.15, -0.1) is 5.10 Å². The molecule has 4 aromatic rings. The molecule has 0 spiro atoms. The van der Waals surface area contributed by atoms with Gasteiger partial charge in [0.05, 0.1) is 5.52 Å². The maximum absolute atomic E-state index is 15.3. The summed E-state index contributed by atoms with van der Waals surface area (Å²) in [7, 11) is 0. The number of rotatable bonds is 8. The number of carbonyl (C=O) groups excluding carboxylic acids is 3. The van der Waals surface area contributed by atoms with E-state index in [2.05, 4.69) is 15.6 Å². The van der Waals surface area contributed by atoms with Crippen molar-refractivity contribution in [3.05, 3.63) is 89.7 Å². The third kappa shape index (κ3) is 5.72. The summed E-state index contributed by atoms with van der Waals surface area (Å²) in [5.41, 5.74) is 2.02. The molecule has 1 unspecified atom stereocenters. The first-order valence-electron chi connectivity index (χ1n) is 13.2. The molecule has 0 bridgehead atoms. The van der Waals surface area contributed by atoms with Crippen molar-refractivity contribution in [1.29, 1.82) is 0 Å². The number of halogens is 1. The molecule has 1 aliphatic rings. The van der Waals surface area contributed by atoms with Crippen molar-refractivity contribution in [3.63, 3.8) is 0 Å². The second-order valence-corrected chi connectivity index (χ2v) is 9.87. The van der Waals surface area contributed by atoms with Gasteiger partial charge in [0.25, 0.3) is 0 Å². The molecule has 8 nitrogen and oxygen atoms in total. The van der Waals surface area contributed by atoms with Crippen LogP contribution in [0, 0.1) is 5.82 Å². The van der Waals surface area contributed by atoms with Gasteiger partial charge >= 0.3 is 0 Å². The van der Waals surface area contributed by atoms with Crippen LogP contribution >= 0.6 is 0 Å². The third-order valence-corrected chi connectivity index (χ3v) is 7.16.